The maximum Gasteiger partial charge on any atom is 0.232 e. The summed E-state index contributed by atoms with van der Waals surface area (Å²) in [4.78, 5) is 12.3. The predicted octanol–water partition coefficient (Wildman–Crippen LogP) is 3.22. The van der Waals surface area contributed by atoms with Gasteiger partial charge in [-0.25, -0.2) is 4.39 Å². The lowest BCUT2D eigenvalue weighted by Crippen LogP contribution is -2.09. The van der Waals surface area contributed by atoms with E-state index in [0.717, 1.165) is 11.3 Å². The van der Waals surface area contributed by atoms with Crippen LogP contribution in [0.2, 0.25) is 0 Å². The van der Waals surface area contributed by atoms with Gasteiger partial charge in [-0.2, -0.15) is 15.0 Å². The smallest absolute Gasteiger partial charge is 0.232 e. The molecule has 0 aliphatic rings. The number of nitrogens with zero attached hydrogens (tertiary/aromatic N) is 3. The van der Waals surface area contributed by atoms with Gasteiger partial charge in [-0.3, -0.25) is 0 Å². The fraction of sp³-hybridized carbons (Fsp3) is 0.118. The van der Waals surface area contributed by atoms with E-state index < -0.39 is 5.82 Å². The maximum absolute atomic E-state index is 13.6. The second-order valence-corrected chi connectivity index (χ2v) is 5.14. The molecule has 0 bridgehead atoms. The normalized spacial score (nSPS) is 10.4. The van der Waals surface area contributed by atoms with Crippen LogP contribution in [0, 0.1) is 12.7 Å². The maximum atomic E-state index is 13.6. The van der Waals surface area contributed by atoms with Gasteiger partial charge in [0.05, 0.1) is 0 Å². The minimum absolute atomic E-state index is 0.0176. The van der Waals surface area contributed by atoms with Crippen molar-refractivity contribution in [1.82, 2.24) is 15.0 Å². The van der Waals surface area contributed by atoms with E-state index in [1.165, 1.54) is 12.1 Å². The Kier molecular flexibility index (Phi) is 4.51. The van der Waals surface area contributed by atoms with E-state index in [4.69, 9.17) is 10.5 Å². The Balaban J connectivity index is 1.74. The summed E-state index contributed by atoms with van der Waals surface area (Å²) in [6.45, 7) is 1.99. The van der Waals surface area contributed by atoms with Gasteiger partial charge in [-0.15, -0.1) is 0 Å². The first-order valence-corrected chi connectivity index (χ1v) is 7.31. The molecule has 0 aliphatic carbocycles. The quantitative estimate of drug-likeness (QED) is 0.749. The molecule has 122 valence electrons. The molecule has 3 rings (SSSR count). The second-order valence-electron chi connectivity index (χ2n) is 5.14. The number of aryl methyl sites for hydroxylation is 1. The van der Waals surface area contributed by atoms with Crippen molar-refractivity contribution >= 4 is 17.6 Å². The van der Waals surface area contributed by atoms with Crippen molar-refractivity contribution in [3.05, 3.63) is 65.7 Å². The Bertz CT molecular complexity index is 839. The molecule has 0 atom stereocenters. The van der Waals surface area contributed by atoms with Gasteiger partial charge in [0.1, 0.15) is 6.61 Å². The number of hydrogen-bond donors (Lipinski definition) is 2. The summed E-state index contributed by atoms with van der Waals surface area (Å²) in [6, 6.07) is 13.9. The molecule has 2 aromatic carbocycles. The number of anilines is 3. The van der Waals surface area contributed by atoms with Gasteiger partial charge >= 0.3 is 0 Å². The van der Waals surface area contributed by atoms with Crippen molar-refractivity contribution in [2.45, 2.75) is 13.5 Å². The first kappa shape index (κ1) is 15.7. The van der Waals surface area contributed by atoms with Crippen molar-refractivity contribution in [1.29, 1.82) is 0 Å². The molecule has 7 heteroatoms. The molecule has 1 heterocycles. The predicted molar refractivity (Wildman–Crippen MR) is 89.4 cm³/mol. The zero-order chi connectivity index (χ0) is 16.9. The summed E-state index contributed by atoms with van der Waals surface area (Å²) < 4.78 is 18.9. The standard InChI is InChI=1S/C17H16FN5O/c1-11-6-8-12(9-7-11)20-17-22-15(21-16(19)23-17)10-24-14-5-3-2-4-13(14)18/h2-9H,10H2,1H3,(H3,19,20,21,22,23). The van der Waals surface area contributed by atoms with Crippen LogP contribution in [0.15, 0.2) is 48.5 Å². The molecule has 0 amide bonds. The third kappa shape index (κ3) is 3.95. The third-order valence-electron chi connectivity index (χ3n) is 3.20. The topological polar surface area (TPSA) is 86.0 Å². The summed E-state index contributed by atoms with van der Waals surface area (Å²) >= 11 is 0. The third-order valence-corrected chi connectivity index (χ3v) is 3.20. The van der Waals surface area contributed by atoms with Gasteiger partial charge in [0, 0.05) is 5.69 Å². The minimum Gasteiger partial charge on any atom is -0.483 e. The van der Waals surface area contributed by atoms with E-state index in [2.05, 4.69) is 20.3 Å². The van der Waals surface area contributed by atoms with Gasteiger partial charge in [0.25, 0.3) is 0 Å². The molecule has 0 unspecified atom stereocenters. The van der Waals surface area contributed by atoms with E-state index in [-0.39, 0.29) is 18.3 Å². The van der Waals surface area contributed by atoms with Gasteiger partial charge in [-0.05, 0) is 31.2 Å². The van der Waals surface area contributed by atoms with Gasteiger partial charge in [0.2, 0.25) is 11.9 Å². The Morgan fingerprint density at radius 3 is 2.54 bits per heavy atom. The zero-order valence-electron chi connectivity index (χ0n) is 13.0. The minimum atomic E-state index is -0.447. The number of aromatic nitrogens is 3. The molecule has 0 saturated heterocycles. The summed E-state index contributed by atoms with van der Waals surface area (Å²) in [5, 5.41) is 3.05. The molecule has 0 fully saturated rings. The molecular formula is C17H16FN5O. The van der Waals surface area contributed by atoms with E-state index >= 15 is 0 Å². The summed E-state index contributed by atoms with van der Waals surface area (Å²) in [7, 11) is 0. The van der Waals surface area contributed by atoms with Crippen molar-refractivity contribution < 1.29 is 9.13 Å². The molecule has 0 aliphatic heterocycles. The lowest BCUT2D eigenvalue weighted by atomic mass is 10.2. The molecular weight excluding hydrogens is 309 g/mol. The lowest BCUT2D eigenvalue weighted by Gasteiger charge is -2.09. The lowest BCUT2D eigenvalue weighted by molar-refractivity contribution is 0.281. The average Bonchev–Trinajstić information content (AvgIpc) is 2.56. The van der Waals surface area contributed by atoms with Crippen LogP contribution in [0.25, 0.3) is 0 Å². The number of para-hydroxylation sites is 1. The van der Waals surface area contributed by atoms with Crippen molar-refractivity contribution in [2.24, 2.45) is 0 Å². The first-order chi connectivity index (χ1) is 11.6. The van der Waals surface area contributed by atoms with Crippen LogP contribution in [0.1, 0.15) is 11.4 Å². The summed E-state index contributed by atoms with van der Waals surface area (Å²) in [5.41, 5.74) is 7.68. The van der Waals surface area contributed by atoms with Crippen LogP contribution in [-0.4, -0.2) is 15.0 Å². The Hall–Kier alpha value is -3.22. The van der Waals surface area contributed by atoms with Gasteiger partial charge in [0.15, 0.2) is 17.4 Å². The highest BCUT2D eigenvalue weighted by atomic mass is 19.1. The molecule has 3 aromatic rings. The van der Waals surface area contributed by atoms with Crippen LogP contribution in [-0.2, 0) is 6.61 Å². The molecule has 3 N–H and O–H groups in total. The monoisotopic (exact) mass is 325 g/mol. The van der Waals surface area contributed by atoms with Gasteiger partial charge in [-0.1, -0.05) is 29.8 Å². The fourth-order valence-corrected chi connectivity index (χ4v) is 2.03. The number of hydrogen-bond acceptors (Lipinski definition) is 6. The molecule has 0 spiro atoms. The van der Waals surface area contributed by atoms with E-state index in [1.54, 1.807) is 12.1 Å². The van der Waals surface area contributed by atoms with Crippen molar-refractivity contribution in [3.63, 3.8) is 0 Å². The Labute approximate surface area is 138 Å². The van der Waals surface area contributed by atoms with E-state index in [0.29, 0.717) is 11.8 Å². The van der Waals surface area contributed by atoms with Crippen molar-refractivity contribution in [2.75, 3.05) is 11.1 Å². The van der Waals surface area contributed by atoms with Crippen LogP contribution in [0.3, 0.4) is 0 Å². The molecule has 6 nitrogen and oxygen atoms in total. The molecule has 0 saturated carbocycles. The first-order valence-electron chi connectivity index (χ1n) is 7.31. The molecule has 24 heavy (non-hydrogen) atoms. The van der Waals surface area contributed by atoms with Gasteiger partial charge < -0.3 is 15.8 Å². The largest absolute Gasteiger partial charge is 0.483 e. The second kappa shape index (κ2) is 6.91. The number of rotatable bonds is 5. The zero-order valence-corrected chi connectivity index (χ0v) is 13.0. The highest BCUT2D eigenvalue weighted by Crippen LogP contribution is 2.18. The average molecular weight is 325 g/mol. The van der Waals surface area contributed by atoms with Crippen LogP contribution >= 0.6 is 0 Å². The summed E-state index contributed by atoms with van der Waals surface area (Å²) in [5.74, 6) is 0.354. The number of ether oxygens (including phenoxy) is 1. The number of halogens is 1. The number of nitrogens with two attached hydrogens (primary N) is 1. The number of nitrogens with one attached hydrogen (secondary N) is 1. The fourth-order valence-electron chi connectivity index (χ4n) is 2.03. The van der Waals surface area contributed by atoms with E-state index in [1.807, 2.05) is 31.2 Å². The van der Waals surface area contributed by atoms with Crippen LogP contribution in [0.5, 0.6) is 5.75 Å². The van der Waals surface area contributed by atoms with E-state index in [9.17, 15) is 4.39 Å². The highest BCUT2D eigenvalue weighted by molar-refractivity contribution is 5.54. The number of nitrogen functional groups attached to an aromatic ring is 1. The van der Waals surface area contributed by atoms with Crippen LogP contribution < -0.4 is 15.8 Å². The van der Waals surface area contributed by atoms with Crippen LogP contribution in [0.4, 0.5) is 22.0 Å². The SMILES string of the molecule is Cc1ccc(Nc2nc(N)nc(COc3ccccc3F)n2)cc1. The molecule has 0 radical (unpaired) electrons. The summed E-state index contributed by atoms with van der Waals surface area (Å²) in [6.07, 6.45) is 0. The Morgan fingerprint density at radius 2 is 1.79 bits per heavy atom. The molecule has 1 aromatic heterocycles. The Morgan fingerprint density at radius 1 is 1.04 bits per heavy atom. The highest BCUT2D eigenvalue weighted by Gasteiger charge is 2.08. The van der Waals surface area contributed by atoms with Crippen molar-refractivity contribution in [3.8, 4) is 5.75 Å². The number of benzene rings is 2.